The minimum atomic E-state index is -4.30. The van der Waals surface area contributed by atoms with Crippen molar-refractivity contribution in [1.82, 2.24) is 10.0 Å². The van der Waals surface area contributed by atoms with Gasteiger partial charge in [-0.25, -0.2) is 22.8 Å². The van der Waals surface area contributed by atoms with Gasteiger partial charge in [0, 0.05) is 55.2 Å². The van der Waals surface area contributed by atoms with E-state index < -0.39 is 33.7 Å². The third-order valence-corrected chi connectivity index (χ3v) is 6.96. The van der Waals surface area contributed by atoms with Crippen LogP contribution in [-0.2, 0) is 35.9 Å². The number of imide groups is 1. The Morgan fingerprint density at radius 2 is 1.82 bits per heavy atom. The van der Waals surface area contributed by atoms with Crippen LogP contribution in [0, 0.1) is 0 Å². The highest BCUT2D eigenvalue weighted by Gasteiger charge is 2.32. The maximum Gasteiger partial charge on any atom is 0.333 e. The predicted molar refractivity (Wildman–Crippen MR) is 135 cm³/mol. The van der Waals surface area contributed by atoms with E-state index in [2.05, 4.69) is 4.98 Å². The number of hydrogen-bond acceptors (Lipinski definition) is 10. The second-order valence-electron chi connectivity index (χ2n) is 8.91. The van der Waals surface area contributed by atoms with Crippen LogP contribution < -0.4 is 9.30 Å². The smallest absolute Gasteiger partial charge is 0.333 e. The van der Waals surface area contributed by atoms with Gasteiger partial charge >= 0.3 is 5.97 Å². The van der Waals surface area contributed by atoms with E-state index in [0.29, 0.717) is 34.2 Å². The Morgan fingerprint density at radius 3 is 2.51 bits per heavy atom. The number of benzene rings is 1. The van der Waals surface area contributed by atoms with Crippen molar-refractivity contribution < 1.29 is 45.9 Å². The molecule has 3 aromatic rings. The highest BCUT2D eigenvalue weighted by atomic mass is 35.5. The van der Waals surface area contributed by atoms with E-state index in [0.717, 1.165) is 24.9 Å². The molecule has 0 atom stereocenters. The number of ether oxygens (including phenoxy) is 1. The van der Waals surface area contributed by atoms with Crippen LogP contribution in [-0.4, -0.2) is 53.2 Å². The number of nitrogens with zero attached hydrogens (tertiary/aromatic N) is 3. The Balaban J connectivity index is 1.24. The monoisotopic (exact) mass is 579 g/mol. The van der Waals surface area contributed by atoms with E-state index >= 15 is 0 Å². The van der Waals surface area contributed by atoms with Crippen molar-refractivity contribution in [2.75, 3.05) is 12.4 Å². The van der Waals surface area contributed by atoms with Gasteiger partial charge in [-0.15, -0.1) is 5.06 Å². The zero-order valence-electron chi connectivity index (χ0n) is 20.8. The highest BCUT2D eigenvalue weighted by Crippen LogP contribution is 2.32. The predicted octanol–water partition coefficient (Wildman–Crippen LogP) is 2.92. The lowest BCUT2D eigenvalue weighted by Gasteiger charge is -2.12. The van der Waals surface area contributed by atoms with Crippen molar-refractivity contribution in [2.45, 2.75) is 51.5 Å². The van der Waals surface area contributed by atoms with Crippen LogP contribution in [0.25, 0.3) is 22.6 Å². The fourth-order valence-electron chi connectivity index (χ4n) is 3.88. The summed E-state index contributed by atoms with van der Waals surface area (Å²) >= 11 is 6.24. The maximum atomic E-state index is 11.9. The molecule has 0 aliphatic carbocycles. The second kappa shape index (κ2) is 12.5. The first-order chi connectivity index (χ1) is 18.6. The molecule has 0 bridgehead atoms. The van der Waals surface area contributed by atoms with Gasteiger partial charge in [-0.3, -0.25) is 9.59 Å². The van der Waals surface area contributed by atoms with Gasteiger partial charge in [-0.05, 0) is 25.3 Å². The molecule has 3 heterocycles. The Bertz CT molecular complexity index is 1460. The zero-order valence-corrected chi connectivity index (χ0v) is 22.4. The number of halogens is 1. The summed E-state index contributed by atoms with van der Waals surface area (Å²) in [5, 5.41) is 0.845. The summed E-state index contributed by atoms with van der Waals surface area (Å²) in [5.74, 6) is -1.41. The van der Waals surface area contributed by atoms with Gasteiger partial charge in [-0.1, -0.05) is 11.6 Å². The first-order valence-electron chi connectivity index (χ1n) is 12.3. The summed E-state index contributed by atoms with van der Waals surface area (Å²) in [4.78, 5) is 44.2. The van der Waals surface area contributed by atoms with Crippen molar-refractivity contribution in [3.05, 3.63) is 41.7 Å². The summed E-state index contributed by atoms with van der Waals surface area (Å²) in [6.45, 7) is 0.729. The molecule has 1 aliphatic rings. The Hall–Kier alpha value is -3.55. The summed E-state index contributed by atoms with van der Waals surface area (Å²) in [7, 11) is -4.30. The third kappa shape index (κ3) is 7.97. The van der Waals surface area contributed by atoms with E-state index in [1.807, 2.05) is 29.1 Å². The third-order valence-electron chi connectivity index (χ3n) is 5.87. The SMILES string of the molecule is O=C(CCCCC[n+]1ccc(-c2nc3cc(Cl)c(OCCCS(=O)(=O)[O-])cc3o2)cc1)ON1C(=O)CCC1=O. The lowest BCUT2D eigenvalue weighted by atomic mass is 10.2. The zero-order chi connectivity index (χ0) is 28.0. The van der Waals surface area contributed by atoms with Crippen LogP contribution in [0.5, 0.6) is 5.75 Å². The van der Waals surface area contributed by atoms with Crippen molar-refractivity contribution in [3.8, 4) is 17.2 Å². The molecule has 12 nitrogen and oxygen atoms in total. The Labute approximate surface area is 229 Å². The van der Waals surface area contributed by atoms with E-state index in [9.17, 15) is 27.4 Å². The molecule has 0 saturated carbocycles. The molecular weight excluding hydrogens is 554 g/mol. The average molecular weight is 580 g/mol. The van der Waals surface area contributed by atoms with Gasteiger partial charge in [0.05, 0.1) is 21.7 Å². The quantitative estimate of drug-likeness (QED) is 0.127. The molecule has 1 fully saturated rings. The topological polar surface area (TPSA) is 160 Å². The van der Waals surface area contributed by atoms with Gasteiger partial charge in [0.15, 0.2) is 18.0 Å². The van der Waals surface area contributed by atoms with E-state index in [1.165, 1.54) is 0 Å². The van der Waals surface area contributed by atoms with Crippen molar-refractivity contribution >= 4 is 50.6 Å². The Kier molecular flexibility index (Phi) is 9.15. The summed E-state index contributed by atoms with van der Waals surface area (Å²) in [5.41, 5.74) is 1.71. The number of pyridine rings is 1. The molecule has 14 heteroatoms. The number of fused-ring (bicyclic) bond motifs is 1. The van der Waals surface area contributed by atoms with Crippen molar-refractivity contribution in [3.63, 3.8) is 0 Å². The minimum absolute atomic E-state index is 0.0110. The van der Waals surface area contributed by atoms with Crippen molar-refractivity contribution in [2.24, 2.45) is 0 Å². The van der Waals surface area contributed by atoms with Crippen LogP contribution in [0.1, 0.15) is 44.9 Å². The minimum Gasteiger partial charge on any atom is -0.748 e. The summed E-state index contributed by atoms with van der Waals surface area (Å²) in [6.07, 6.45) is 6.21. The summed E-state index contributed by atoms with van der Waals surface area (Å²) in [6, 6.07) is 6.87. The van der Waals surface area contributed by atoms with Gasteiger partial charge in [0.1, 0.15) is 17.8 Å². The number of rotatable bonds is 13. The van der Waals surface area contributed by atoms with Gasteiger partial charge in [0.2, 0.25) is 5.89 Å². The lowest BCUT2D eigenvalue weighted by molar-refractivity contribution is -0.697. The molecule has 2 aromatic heterocycles. The van der Waals surface area contributed by atoms with E-state index in [1.54, 1.807) is 12.1 Å². The number of unbranched alkanes of at least 4 members (excludes halogenated alkanes) is 2. The molecule has 0 radical (unpaired) electrons. The molecule has 1 aromatic carbocycles. The van der Waals surface area contributed by atoms with E-state index in [4.69, 9.17) is 25.6 Å². The van der Waals surface area contributed by atoms with Crippen LogP contribution in [0.4, 0.5) is 0 Å². The number of aryl methyl sites for hydroxylation is 1. The van der Waals surface area contributed by atoms with Crippen LogP contribution >= 0.6 is 11.6 Å². The lowest BCUT2D eigenvalue weighted by Crippen LogP contribution is -2.32. The van der Waals surface area contributed by atoms with Gasteiger partial charge < -0.3 is 18.5 Å². The largest absolute Gasteiger partial charge is 0.748 e. The van der Waals surface area contributed by atoms with Crippen molar-refractivity contribution in [1.29, 1.82) is 0 Å². The number of amides is 2. The number of carbonyl (C=O) groups excluding carboxylic acids is 3. The maximum absolute atomic E-state index is 11.9. The highest BCUT2D eigenvalue weighted by molar-refractivity contribution is 7.85. The molecule has 208 valence electrons. The fraction of sp³-hybridized carbons (Fsp3) is 0.400. The normalized spacial score (nSPS) is 13.8. The molecule has 1 saturated heterocycles. The molecule has 1 aliphatic heterocycles. The number of oxazole rings is 1. The molecule has 2 amide bonds. The molecule has 0 unspecified atom stereocenters. The molecule has 4 rings (SSSR count). The standard InChI is InChI=1S/C25H26ClN3O9S/c26-18-15-19-21(16-20(18)36-13-4-14-39(33,34)35)37-25(27-19)17-8-11-28(12-9-17)10-3-1-2-5-24(32)38-29-22(30)6-7-23(29)31/h8-9,11-12,15-16H,1-7,10,13-14H2. The first kappa shape index (κ1) is 28.5. The van der Waals surface area contributed by atoms with Gasteiger partial charge in [0.25, 0.3) is 11.8 Å². The second-order valence-corrected chi connectivity index (χ2v) is 10.8. The van der Waals surface area contributed by atoms with Gasteiger partial charge in [-0.2, -0.15) is 0 Å². The number of hydrogen-bond donors (Lipinski definition) is 0. The average Bonchev–Trinajstić information content (AvgIpc) is 3.44. The van der Waals surface area contributed by atoms with E-state index in [-0.39, 0.29) is 37.3 Å². The van der Waals surface area contributed by atoms with Crippen LogP contribution in [0.15, 0.2) is 41.1 Å². The Morgan fingerprint density at radius 1 is 1.10 bits per heavy atom. The van der Waals surface area contributed by atoms with Crippen LogP contribution in [0.3, 0.4) is 0 Å². The number of hydroxylamine groups is 2. The molecular formula is C25H26ClN3O9S. The summed E-state index contributed by atoms with van der Waals surface area (Å²) < 4.78 is 45.5. The molecule has 0 spiro atoms. The molecule has 39 heavy (non-hydrogen) atoms. The fourth-order valence-corrected chi connectivity index (χ4v) is 4.56. The first-order valence-corrected chi connectivity index (χ1v) is 14.3. The van der Waals surface area contributed by atoms with Crippen LogP contribution in [0.2, 0.25) is 5.02 Å². The molecule has 0 N–H and O–H groups in total. The number of aromatic nitrogens is 2. The number of carbonyl (C=O) groups is 3.